The lowest BCUT2D eigenvalue weighted by Gasteiger charge is -2.19. The van der Waals surface area contributed by atoms with Crippen LogP contribution in [0.25, 0.3) is 11.0 Å². The minimum atomic E-state index is -0.217. The van der Waals surface area contributed by atoms with Crippen molar-refractivity contribution in [3.63, 3.8) is 0 Å². The highest BCUT2D eigenvalue weighted by atomic mass is 16.3. The van der Waals surface area contributed by atoms with Crippen molar-refractivity contribution >= 4 is 16.9 Å². The number of carbonyl (C=O) groups is 1. The lowest BCUT2D eigenvalue weighted by molar-refractivity contribution is -0.131. The first-order valence-corrected chi connectivity index (χ1v) is 8.10. The zero-order valence-electron chi connectivity index (χ0n) is 13.7. The van der Waals surface area contributed by atoms with E-state index >= 15 is 0 Å². The molecule has 0 saturated heterocycles. The summed E-state index contributed by atoms with van der Waals surface area (Å²) >= 11 is 0. The van der Waals surface area contributed by atoms with Crippen molar-refractivity contribution in [1.29, 1.82) is 0 Å². The van der Waals surface area contributed by atoms with Crippen LogP contribution in [0.15, 0.2) is 45.8 Å². The van der Waals surface area contributed by atoms with Crippen LogP contribution >= 0.6 is 0 Å². The lowest BCUT2D eigenvalue weighted by atomic mass is 10.1. The molecule has 6 nitrogen and oxygen atoms in total. The Bertz CT molecular complexity index is 944. The molecule has 0 bridgehead atoms. The van der Waals surface area contributed by atoms with E-state index in [1.54, 1.807) is 17.2 Å². The predicted octanol–water partition coefficient (Wildman–Crippen LogP) is 2.43. The number of aromatic nitrogens is 2. The molecule has 1 aromatic carbocycles. The van der Waals surface area contributed by atoms with E-state index in [1.807, 2.05) is 24.3 Å². The number of nitrogens with one attached hydrogen (secondary N) is 2. The van der Waals surface area contributed by atoms with Crippen LogP contribution in [-0.4, -0.2) is 27.3 Å². The second kappa shape index (κ2) is 7.58. The van der Waals surface area contributed by atoms with Gasteiger partial charge in [-0.25, -0.2) is 4.79 Å². The first-order chi connectivity index (χ1) is 12.2. The molecule has 1 amide bonds. The summed E-state index contributed by atoms with van der Waals surface area (Å²) in [6, 6.07) is 9.36. The highest BCUT2D eigenvalue weighted by molar-refractivity contribution is 5.77. The van der Waals surface area contributed by atoms with E-state index in [4.69, 9.17) is 10.8 Å². The molecule has 0 spiro atoms. The maximum atomic E-state index is 12.4. The van der Waals surface area contributed by atoms with E-state index in [0.29, 0.717) is 25.1 Å². The van der Waals surface area contributed by atoms with Crippen LogP contribution in [0, 0.1) is 12.3 Å². The first kappa shape index (κ1) is 16.7. The second-order valence-electron chi connectivity index (χ2n) is 5.85. The summed E-state index contributed by atoms with van der Waals surface area (Å²) in [5, 5.41) is 0. The molecule has 0 aliphatic heterocycles. The topological polar surface area (TPSA) is 82.1 Å². The van der Waals surface area contributed by atoms with Crippen LogP contribution in [-0.2, 0) is 17.8 Å². The summed E-state index contributed by atoms with van der Waals surface area (Å²) in [6.45, 7) is 0.642. The minimum Gasteiger partial charge on any atom is -0.467 e. The Hall–Kier alpha value is -3.20. The summed E-state index contributed by atoms with van der Waals surface area (Å²) in [5.74, 6) is 3.24. The number of benzene rings is 1. The molecule has 0 unspecified atom stereocenters. The molecule has 0 fully saturated rings. The van der Waals surface area contributed by atoms with Gasteiger partial charge in [0.1, 0.15) is 5.76 Å². The van der Waals surface area contributed by atoms with Crippen LogP contribution in [0.2, 0.25) is 0 Å². The van der Waals surface area contributed by atoms with E-state index in [2.05, 4.69) is 15.9 Å². The number of amides is 1. The van der Waals surface area contributed by atoms with Gasteiger partial charge in [0.05, 0.1) is 30.4 Å². The smallest absolute Gasteiger partial charge is 0.323 e. The molecule has 128 valence electrons. The van der Waals surface area contributed by atoms with Crippen LogP contribution in [0.3, 0.4) is 0 Å². The standard InChI is InChI=1S/C19H19N3O3/c1-2-10-22(13-15-6-4-11-25-15)18(23)7-3-5-14-8-9-16-17(12-14)21-19(24)20-16/h1,4,6,8-9,11-12H,3,5,7,10,13H2,(H2,20,21,24). The third-order valence-electron chi connectivity index (χ3n) is 4.00. The Morgan fingerprint density at radius 3 is 2.84 bits per heavy atom. The Morgan fingerprint density at radius 2 is 2.08 bits per heavy atom. The first-order valence-electron chi connectivity index (χ1n) is 8.10. The lowest BCUT2D eigenvalue weighted by Crippen LogP contribution is -2.30. The Morgan fingerprint density at radius 1 is 1.24 bits per heavy atom. The summed E-state index contributed by atoms with van der Waals surface area (Å²) in [4.78, 5) is 30.8. The molecule has 2 aromatic heterocycles. The molecular formula is C19H19N3O3. The molecule has 25 heavy (non-hydrogen) atoms. The monoisotopic (exact) mass is 337 g/mol. The van der Waals surface area contributed by atoms with E-state index < -0.39 is 0 Å². The maximum Gasteiger partial charge on any atom is 0.323 e. The van der Waals surface area contributed by atoms with Gasteiger partial charge in [-0.05, 0) is 42.7 Å². The van der Waals surface area contributed by atoms with Crippen LogP contribution < -0.4 is 5.69 Å². The van der Waals surface area contributed by atoms with Crippen molar-refractivity contribution in [3.8, 4) is 12.3 Å². The largest absolute Gasteiger partial charge is 0.467 e. The minimum absolute atomic E-state index is 0.00507. The van der Waals surface area contributed by atoms with E-state index in [9.17, 15) is 9.59 Å². The molecule has 0 aliphatic rings. The number of rotatable bonds is 7. The second-order valence-corrected chi connectivity index (χ2v) is 5.85. The van der Waals surface area contributed by atoms with Crippen molar-refractivity contribution in [2.45, 2.75) is 25.8 Å². The predicted molar refractivity (Wildman–Crippen MR) is 94.8 cm³/mol. The molecule has 0 saturated carbocycles. The van der Waals surface area contributed by atoms with Gasteiger partial charge in [-0.15, -0.1) is 6.42 Å². The Labute approximate surface area is 144 Å². The number of carbonyl (C=O) groups excluding carboxylic acids is 1. The number of furan rings is 1. The van der Waals surface area contributed by atoms with Crippen molar-refractivity contribution in [2.75, 3.05) is 6.54 Å². The number of fused-ring (bicyclic) bond motifs is 1. The van der Waals surface area contributed by atoms with Crippen molar-refractivity contribution in [1.82, 2.24) is 14.9 Å². The number of aromatic amines is 2. The number of terminal acetylenes is 1. The fourth-order valence-corrected chi connectivity index (χ4v) is 2.77. The Balaban J connectivity index is 1.56. The molecule has 0 radical (unpaired) electrons. The van der Waals surface area contributed by atoms with Gasteiger partial charge < -0.3 is 19.3 Å². The molecule has 0 atom stereocenters. The average molecular weight is 337 g/mol. The molecule has 3 aromatic rings. The number of H-pyrrole nitrogens is 2. The highest BCUT2D eigenvalue weighted by Crippen LogP contribution is 2.14. The maximum absolute atomic E-state index is 12.4. The summed E-state index contributed by atoms with van der Waals surface area (Å²) < 4.78 is 5.28. The fourth-order valence-electron chi connectivity index (χ4n) is 2.77. The summed E-state index contributed by atoms with van der Waals surface area (Å²) in [7, 11) is 0. The fraction of sp³-hybridized carbons (Fsp3) is 0.263. The van der Waals surface area contributed by atoms with Crippen LogP contribution in [0.5, 0.6) is 0 Å². The van der Waals surface area contributed by atoms with Crippen molar-refractivity contribution < 1.29 is 9.21 Å². The van der Waals surface area contributed by atoms with Gasteiger partial charge in [0.2, 0.25) is 5.91 Å². The molecule has 2 heterocycles. The quantitative estimate of drug-likeness (QED) is 0.650. The number of imidazole rings is 1. The van der Waals surface area contributed by atoms with Crippen molar-refractivity contribution in [3.05, 3.63) is 58.4 Å². The van der Waals surface area contributed by atoms with Gasteiger partial charge >= 0.3 is 5.69 Å². The zero-order chi connectivity index (χ0) is 17.6. The van der Waals surface area contributed by atoms with Gasteiger partial charge in [0, 0.05) is 6.42 Å². The number of hydrogen-bond donors (Lipinski definition) is 2. The van der Waals surface area contributed by atoms with Gasteiger partial charge in [0.15, 0.2) is 0 Å². The van der Waals surface area contributed by atoms with E-state index in [-0.39, 0.29) is 18.1 Å². The van der Waals surface area contributed by atoms with Crippen molar-refractivity contribution in [2.24, 2.45) is 0 Å². The molecule has 2 N–H and O–H groups in total. The van der Waals surface area contributed by atoms with Gasteiger partial charge in [0.25, 0.3) is 0 Å². The summed E-state index contributed by atoms with van der Waals surface area (Å²) in [5.41, 5.74) is 2.42. The number of hydrogen-bond acceptors (Lipinski definition) is 3. The van der Waals surface area contributed by atoms with Gasteiger partial charge in [-0.1, -0.05) is 12.0 Å². The highest BCUT2D eigenvalue weighted by Gasteiger charge is 2.14. The average Bonchev–Trinajstić information content (AvgIpc) is 3.22. The third kappa shape index (κ3) is 4.21. The molecule has 0 aliphatic carbocycles. The van der Waals surface area contributed by atoms with Crippen LogP contribution in [0.4, 0.5) is 0 Å². The number of nitrogens with zero attached hydrogens (tertiary/aromatic N) is 1. The normalized spacial score (nSPS) is 10.7. The zero-order valence-corrected chi connectivity index (χ0v) is 13.7. The Kier molecular flexibility index (Phi) is 5.05. The van der Waals surface area contributed by atoms with E-state index in [0.717, 1.165) is 23.0 Å². The number of aryl methyl sites for hydroxylation is 1. The van der Waals surface area contributed by atoms with Crippen LogP contribution in [0.1, 0.15) is 24.2 Å². The SMILES string of the molecule is C#CCN(Cc1ccco1)C(=O)CCCc1ccc2[nH]c(=O)[nH]c2c1. The van der Waals surface area contributed by atoms with Gasteiger partial charge in [-0.2, -0.15) is 0 Å². The molecule has 6 heteroatoms. The summed E-state index contributed by atoms with van der Waals surface area (Å²) in [6.07, 6.45) is 8.81. The molecule has 3 rings (SSSR count). The molecular weight excluding hydrogens is 318 g/mol. The third-order valence-corrected chi connectivity index (χ3v) is 4.00. The van der Waals surface area contributed by atoms with E-state index in [1.165, 1.54) is 0 Å². The van der Waals surface area contributed by atoms with Gasteiger partial charge in [-0.3, -0.25) is 4.79 Å².